The van der Waals surface area contributed by atoms with Crippen LogP contribution >= 0.6 is 11.8 Å². The van der Waals surface area contributed by atoms with Gasteiger partial charge in [0.1, 0.15) is 11.1 Å². The SMILES string of the molecule is Cc1c(C#N)cnc2c1SCC(S(C)=O)=N2. The third kappa shape index (κ3) is 1.88. The fraction of sp³-hybridized carbons (Fsp3) is 0.300. The van der Waals surface area contributed by atoms with E-state index in [4.69, 9.17) is 5.26 Å². The molecule has 0 fully saturated rings. The normalized spacial score (nSPS) is 15.9. The van der Waals surface area contributed by atoms with E-state index in [0.717, 1.165) is 10.5 Å². The molecule has 0 radical (unpaired) electrons. The Labute approximate surface area is 100 Å². The molecule has 4 nitrogen and oxygen atoms in total. The molecule has 82 valence electrons. The van der Waals surface area contributed by atoms with Crippen molar-refractivity contribution in [1.29, 1.82) is 5.26 Å². The summed E-state index contributed by atoms with van der Waals surface area (Å²) in [5.41, 5.74) is 1.48. The highest BCUT2D eigenvalue weighted by Crippen LogP contribution is 2.36. The van der Waals surface area contributed by atoms with Crippen LogP contribution in [0.2, 0.25) is 0 Å². The first-order chi connectivity index (χ1) is 7.63. The maximum Gasteiger partial charge on any atom is 0.166 e. The van der Waals surface area contributed by atoms with Gasteiger partial charge in [0, 0.05) is 18.2 Å². The number of fused-ring (bicyclic) bond motifs is 1. The lowest BCUT2D eigenvalue weighted by molar-refractivity contribution is 0.693. The summed E-state index contributed by atoms with van der Waals surface area (Å²) in [5.74, 6) is 1.19. The topological polar surface area (TPSA) is 66.1 Å². The Morgan fingerprint density at radius 1 is 1.62 bits per heavy atom. The quantitative estimate of drug-likeness (QED) is 0.705. The van der Waals surface area contributed by atoms with E-state index in [9.17, 15) is 4.21 Å². The maximum absolute atomic E-state index is 11.3. The van der Waals surface area contributed by atoms with Crippen LogP contribution < -0.4 is 0 Å². The number of pyridine rings is 1. The van der Waals surface area contributed by atoms with Crippen LogP contribution in [0.3, 0.4) is 0 Å². The first-order valence-corrected chi connectivity index (χ1v) is 7.11. The molecule has 6 heteroatoms. The minimum Gasteiger partial charge on any atom is -0.253 e. The van der Waals surface area contributed by atoms with Crippen LogP contribution in [0, 0.1) is 18.3 Å². The highest BCUT2D eigenvalue weighted by Gasteiger charge is 2.19. The van der Waals surface area contributed by atoms with Crippen molar-refractivity contribution >= 4 is 33.4 Å². The molecule has 0 bridgehead atoms. The Kier molecular flexibility index (Phi) is 3.08. The molecule has 0 aromatic carbocycles. The van der Waals surface area contributed by atoms with Crippen LogP contribution in [0.15, 0.2) is 16.1 Å². The first kappa shape index (κ1) is 11.3. The van der Waals surface area contributed by atoms with Crippen molar-refractivity contribution in [2.24, 2.45) is 4.99 Å². The minimum absolute atomic E-state index is 0.572. The number of hydrogen-bond donors (Lipinski definition) is 0. The summed E-state index contributed by atoms with van der Waals surface area (Å²) in [4.78, 5) is 9.30. The molecule has 1 aliphatic rings. The largest absolute Gasteiger partial charge is 0.253 e. The molecule has 0 spiro atoms. The highest BCUT2D eigenvalue weighted by molar-refractivity contribution is 8.06. The number of hydrogen-bond acceptors (Lipinski definition) is 5. The van der Waals surface area contributed by atoms with Gasteiger partial charge in [0.15, 0.2) is 5.82 Å². The van der Waals surface area contributed by atoms with Crippen LogP contribution in [0.5, 0.6) is 0 Å². The van der Waals surface area contributed by atoms with Crippen molar-refractivity contribution in [3.8, 4) is 6.07 Å². The smallest absolute Gasteiger partial charge is 0.166 e. The molecule has 1 aromatic rings. The zero-order valence-electron chi connectivity index (χ0n) is 8.85. The third-order valence-electron chi connectivity index (χ3n) is 2.29. The Morgan fingerprint density at radius 2 is 2.38 bits per heavy atom. The molecular formula is C10H9N3OS2. The molecule has 0 N–H and O–H groups in total. The summed E-state index contributed by atoms with van der Waals surface area (Å²) in [5, 5.41) is 9.52. The maximum atomic E-state index is 11.3. The first-order valence-electron chi connectivity index (χ1n) is 4.57. The van der Waals surface area contributed by atoms with Crippen molar-refractivity contribution in [3.05, 3.63) is 17.3 Å². The fourth-order valence-corrected chi connectivity index (χ4v) is 3.31. The Balaban J connectivity index is 2.55. The average molecular weight is 251 g/mol. The molecule has 0 aliphatic carbocycles. The minimum atomic E-state index is -1.05. The van der Waals surface area contributed by atoms with Crippen LogP contribution in [-0.4, -0.2) is 26.2 Å². The molecule has 0 saturated carbocycles. The molecule has 0 amide bonds. The molecule has 2 rings (SSSR count). The standard InChI is InChI=1S/C10H9N3OS2/c1-6-7(3-11)4-12-10-9(6)15-5-8(13-10)16(2)14/h4H,5H2,1-2H3. The summed E-state index contributed by atoms with van der Waals surface area (Å²) in [6, 6.07) is 2.10. The van der Waals surface area contributed by atoms with E-state index in [2.05, 4.69) is 16.0 Å². The number of rotatable bonds is 0. The second-order valence-corrected chi connectivity index (χ2v) is 5.67. The van der Waals surface area contributed by atoms with E-state index in [1.165, 1.54) is 6.20 Å². The molecule has 16 heavy (non-hydrogen) atoms. The predicted octanol–water partition coefficient (Wildman–Crippen LogP) is 1.78. The monoisotopic (exact) mass is 251 g/mol. The van der Waals surface area contributed by atoms with E-state index >= 15 is 0 Å². The van der Waals surface area contributed by atoms with Crippen LogP contribution in [0.25, 0.3) is 0 Å². The number of aliphatic imine (C=N–C) groups is 1. The number of nitrogens with zero attached hydrogens (tertiary/aromatic N) is 3. The van der Waals surface area contributed by atoms with Crippen molar-refractivity contribution in [3.63, 3.8) is 0 Å². The lowest BCUT2D eigenvalue weighted by Gasteiger charge is -2.15. The lowest BCUT2D eigenvalue weighted by Crippen LogP contribution is -2.12. The van der Waals surface area contributed by atoms with Gasteiger partial charge in [0.2, 0.25) is 0 Å². The Hall–Kier alpha value is -1.19. The van der Waals surface area contributed by atoms with E-state index < -0.39 is 10.8 Å². The van der Waals surface area contributed by atoms with Crippen LogP contribution in [0.4, 0.5) is 5.82 Å². The van der Waals surface area contributed by atoms with Gasteiger partial charge in [-0.25, -0.2) is 9.98 Å². The molecular weight excluding hydrogens is 242 g/mol. The number of aromatic nitrogens is 1. The van der Waals surface area contributed by atoms with E-state index in [-0.39, 0.29) is 0 Å². The Morgan fingerprint density at radius 3 is 3.00 bits per heavy atom. The van der Waals surface area contributed by atoms with E-state index in [1.54, 1.807) is 18.0 Å². The fourth-order valence-electron chi connectivity index (χ4n) is 1.37. The van der Waals surface area contributed by atoms with Gasteiger partial charge in [-0.1, -0.05) is 0 Å². The predicted molar refractivity (Wildman–Crippen MR) is 65.6 cm³/mol. The Bertz CT molecular complexity index is 546. The van der Waals surface area contributed by atoms with Gasteiger partial charge in [0.05, 0.1) is 21.3 Å². The van der Waals surface area contributed by atoms with Gasteiger partial charge in [0.25, 0.3) is 0 Å². The molecule has 0 saturated heterocycles. The van der Waals surface area contributed by atoms with Gasteiger partial charge in [-0.2, -0.15) is 5.26 Å². The summed E-state index contributed by atoms with van der Waals surface area (Å²) in [7, 11) is -1.05. The van der Waals surface area contributed by atoms with Crippen molar-refractivity contribution in [2.75, 3.05) is 12.0 Å². The van der Waals surface area contributed by atoms with Gasteiger partial charge < -0.3 is 0 Å². The van der Waals surface area contributed by atoms with Gasteiger partial charge in [-0.05, 0) is 12.5 Å². The molecule has 1 atom stereocenters. The molecule has 1 aliphatic heterocycles. The second-order valence-electron chi connectivity index (χ2n) is 3.31. The van der Waals surface area contributed by atoms with E-state index in [1.807, 2.05) is 6.92 Å². The molecule has 1 aromatic heterocycles. The summed E-state index contributed by atoms with van der Waals surface area (Å²) >= 11 is 1.54. The van der Waals surface area contributed by atoms with Crippen molar-refractivity contribution < 1.29 is 4.21 Å². The van der Waals surface area contributed by atoms with Crippen molar-refractivity contribution in [1.82, 2.24) is 4.98 Å². The van der Waals surface area contributed by atoms with E-state index in [0.29, 0.717) is 22.2 Å². The zero-order chi connectivity index (χ0) is 11.7. The number of nitriles is 1. The van der Waals surface area contributed by atoms with Gasteiger partial charge in [-0.3, -0.25) is 4.21 Å². The summed E-state index contributed by atoms with van der Waals surface area (Å²) in [6.45, 7) is 1.88. The summed E-state index contributed by atoms with van der Waals surface area (Å²) < 4.78 is 11.3. The number of thioether (sulfide) groups is 1. The van der Waals surface area contributed by atoms with Crippen LogP contribution in [-0.2, 0) is 10.8 Å². The van der Waals surface area contributed by atoms with Crippen molar-refractivity contribution in [2.45, 2.75) is 11.8 Å². The zero-order valence-corrected chi connectivity index (χ0v) is 10.5. The summed E-state index contributed by atoms with van der Waals surface area (Å²) in [6.07, 6.45) is 3.13. The van der Waals surface area contributed by atoms with Gasteiger partial charge in [-0.15, -0.1) is 11.8 Å². The second kappa shape index (κ2) is 4.36. The molecule has 1 unspecified atom stereocenters. The average Bonchev–Trinajstić information content (AvgIpc) is 2.29. The van der Waals surface area contributed by atoms with Crippen LogP contribution in [0.1, 0.15) is 11.1 Å². The third-order valence-corrected chi connectivity index (χ3v) is 4.56. The lowest BCUT2D eigenvalue weighted by atomic mass is 10.2. The van der Waals surface area contributed by atoms with Gasteiger partial charge >= 0.3 is 0 Å². The molecule has 2 heterocycles. The highest BCUT2D eigenvalue weighted by atomic mass is 32.2.